The van der Waals surface area contributed by atoms with Gasteiger partial charge in [-0.1, -0.05) is 261 Å². The van der Waals surface area contributed by atoms with Crippen LogP contribution in [0, 0.1) is 0 Å². The van der Waals surface area contributed by atoms with Crippen LogP contribution in [-0.2, 0) is 0 Å². The summed E-state index contributed by atoms with van der Waals surface area (Å²) in [4.78, 5) is 15.9. The van der Waals surface area contributed by atoms with Crippen molar-refractivity contribution >= 4 is 21.8 Å². The van der Waals surface area contributed by atoms with E-state index in [1.54, 1.807) is 0 Å². The van der Waals surface area contributed by atoms with Gasteiger partial charge in [-0.15, -0.1) is 0 Å². The molecule has 398 valence electrons. The third-order valence-corrected chi connectivity index (χ3v) is 16.2. The Balaban J connectivity index is 0.785. The molecule has 0 amide bonds. The second-order valence-electron chi connectivity index (χ2n) is 21.6. The molecule has 0 aliphatic rings. The lowest BCUT2D eigenvalue weighted by atomic mass is 9.95. The van der Waals surface area contributed by atoms with Gasteiger partial charge < -0.3 is 4.57 Å². The number of rotatable bonds is 12. The van der Waals surface area contributed by atoms with E-state index >= 15 is 0 Å². The van der Waals surface area contributed by atoms with Crippen LogP contribution in [0.2, 0.25) is 0 Å². The van der Waals surface area contributed by atoms with Crippen LogP contribution in [0.1, 0.15) is 0 Å². The van der Waals surface area contributed by atoms with Gasteiger partial charge in [0.15, 0.2) is 17.5 Å². The molecule has 0 atom stereocenters. The summed E-state index contributed by atoms with van der Waals surface area (Å²) >= 11 is 0. The Labute approximate surface area is 495 Å². The van der Waals surface area contributed by atoms with Gasteiger partial charge in [-0.3, -0.25) is 0 Å². The fourth-order valence-electron chi connectivity index (χ4n) is 11.9. The molecular formula is C81H54N4. The van der Waals surface area contributed by atoms with Crippen LogP contribution in [0.3, 0.4) is 0 Å². The molecule has 0 aliphatic heterocycles. The number of fused-ring (bicyclic) bond motifs is 3. The third-order valence-electron chi connectivity index (χ3n) is 16.2. The largest absolute Gasteiger partial charge is 0.309 e. The highest BCUT2D eigenvalue weighted by molar-refractivity contribution is 6.09. The zero-order valence-electron chi connectivity index (χ0n) is 46.5. The molecule has 13 aromatic carbocycles. The quantitative estimate of drug-likeness (QED) is 0.122. The number of nitrogens with zero attached hydrogens (tertiary/aromatic N) is 4. The maximum absolute atomic E-state index is 5.32. The van der Waals surface area contributed by atoms with Crippen LogP contribution in [0.25, 0.3) is 151 Å². The average molecular weight is 1080 g/mol. The van der Waals surface area contributed by atoms with Crippen LogP contribution in [0.5, 0.6) is 0 Å². The SMILES string of the molecule is c1ccc(-c2cccc(-c3cccc(-c4ccc(-c5nc(-c6cccc(-c7cccc(-c8cccc(-c9ccccc9)c8)c7)c6)nc(-c6cccc(-c7cccc(-c8cccc(-n9c%10ccccc%10c%10ccccc%109)c8)c7)c6)n5)cc4)c3)c2)cc1. The van der Waals surface area contributed by atoms with Crippen molar-refractivity contribution in [1.82, 2.24) is 19.5 Å². The van der Waals surface area contributed by atoms with E-state index in [9.17, 15) is 0 Å². The first-order valence-electron chi connectivity index (χ1n) is 28.9. The number of hydrogen-bond acceptors (Lipinski definition) is 3. The summed E-state index contributed by atoms with van der Waals surface area (Å²) in [6, 6.07) is 117. The molecule has 2 aromatic heterocycles. The number of benzene rings is 13. The normalized spacial score (nSPS) is 11.3. The molecule has 4 nitrogen and oxygen atoms in total. The van der Waals surface area contributed by atoms with Gasteiger partial charge in [0.1, 0.15) is 0 Å². The first-order valence-corrected chi connectivity index (χ1v) is 28.9. The summed E-state index contributed by atoms with van der Waals surface area (Å²) in [5.74, 6) is 1.79. The van der Waals surface area contributed by atoms with E-state index in [4.69, 9.17) is 15.0 Å². The van der Waals surface area contributed by atoms with E-state index in [-0.39, 0.29) is 0 Å². The summed E-state index contributed by atoms with van der Waals surface area (Å²) in [5, 5.41) is 2.49. The highest BCUT2D eigenvalue weighted by Crippen LogP contribution is 2.38. The van der Waals surface area contributed by atoms with Crippen molar-refractivity contribution in [3.8, 4) is 129 Å². The van der Waals surface area contributed by atoms with Crippen molar-refractivity contribution in [3.63, 3.8) is 0 Å². The van der Waals surface area contributed by atoms with Crippen molar-refractivity contribution in [3.05, 3.63) is 328 Å². The lowest BCUT2D eigenvalue weighted by molar-refractivity contribution is 1.07. The van der Waals surface area contributed by atoms with Gasteiger partial charge in [0.05, 0.1) is 11.0 Å². The number of aromatic nitrogens is 4. The van der Waals surface area contributed by atoms with Crippen LogP contribution in [0.4, 0.5) is 0 Å². The fraction of sp³-hybridized carbons (Fsp3) is 0. The minimum absolute atomic E-state index is 0.595. The van der Waals surface area contributed by atoms with E-state index in [2.05, 4.69) is 332 Å². The molecule has 0 N–H and O–H groups in total. The molecule has 2 heterocycles. The van der Waals surface area contributed by atoms with Gasteiger partial charge in [-0.05, 0) is 156 Å². The number of hydrogen-bond donors (Lipinski definition) is 0. The molecule has 0 spiro atoms. The predicted octanol–water partition coefficient (Wildman–Crippen LogP) is 21.3. The third kappa shape index (κ3) is 10.2. The van der Waals surface area contributed by atoms with Gasteiger partial charge in [0, 0.05) is 33.2 Å². The van der Waals surface area contributed by atoms with Crippen LogP contribution >= 0.6 is 0 Å². The summed E-state index contributed by atoms with van der Waals surface area (Å²) in [5.41, 5.74) is 24.5. The van der Waals surface area contributed by atoms with E-state index in [1.165, 1.54) is 49.6 Å². The monoisotopic (exact) mass is 1080 g/mol. The molecule has 0 bridgehead atoms. The smallest absolute Gasteiger partial charge is 0.164 e. The Morgan fingerprint density at radius 1 is 0.165 bits per heavy atom. The molecule has 85 heavy (non-hydrogen) atoms. The topological polar surface area (TPSA) is 43.6 Å². The van der Waals surface area contributed by atoms with Crippen LogP contribution in [-0.4, -0.2) is 19.5 Å². The van der Waals surface area contributed by atoms with E-state index in [0.717, 1.165) is 83.6 Å². The molecule has 0 unspecified atom stereocenters. The van der Waals surface area contributed by atoms with E-state index in [0.29, 0.717) is 17.5 Å². The van der Waals surface area contributed by atoms with Crippen molar-refractivity contribution in [2.24, 2.45) is 0 Å². The number of para-hydroxylation sites is 2. The van der Waals surface area contributed by atoms with Gasteiger partial charge in [0.25, 0.3) is 0 Å². The Kier molecular flexibility index (Phi) is 13.2. The van der Waals surface area contributed by atoms with Gasteiger partial charge in [-0.2, -0.15) is 0 Å². The van der Waals surface area contributed by atoms with Crippen LogP contribution in [0.15, 0.2) is 328 Å². The van der Waals surface area contributed by atoms with E-state index in [1.807, 2.05) is 0 Å². The zero-order chi connectivity index (χ0) is 56.5. The molecule has 15 aromatic rings. The standard InChI is InChI=1S/C81H54N4/c1-3-19-55(20-4-1)59-23-11-26-62(47-59)64-28-13-25-61(49-64)57-43-45-58(46-44-57)79-82-80(72-36-16-33-69(52-72)66-30-14-29-65(50-66)63-27-12-24-60(48-63)56-21-5-2-6-22-56)84-81(83-79)73-37-17-34-70(53-73)67-31-15-32-68(51-67)71-35-18-38-74(54-71)85-77-41-9-7-39-75(77)76-40-8-10-42-78(76)85/h1-54H. The van der Waals surface area contributed by atoms with Crippen molar-refractivity contribution in [1.29, 1.82) is 0 Å². The van der Waals surface area contributed by atoms with Crippen molar-refractivity contribution in [2.75, 3.05) is 0 Å². The Morgan fingerprint density at radius 3 is 0.765 bits per heavy atom. The van der Waals surface area contributed by atoms with Crippen molar-refractivity contribution < 1.29 is 0 Å². The Hall–Kier alpha value is -11.3. The predicted molar refractivity (Wildman–Crippen MR) is 354 cm³/mol. The van der Waals surface area contributed by atoms with Gasteiger partial charge in [-0.25, -0.2) is 15.0 Å². The first-order chi connectivity index (χ1) is 42.1. The molecule has 0 fully saturated rings. The zero-order valence-corrected chi connectivity index (χ0v) is 46.5. The Bertz CT molecular complexity index is 4890. The highest BCUT2D eigenvalue weighted by Gasteiger charge is 2.17. The van der Waals surface area contributed by atoms with Gasteiger partial charge in [0.2, 0.25) is 0 Å². The molecular weight excluding hydrogens is 1030 g/mol. The Morgan fingerprint density at radius 2 is 0.400 bits per heavy atom. The molecule has 4 heteroatoms. The second-order valence-corrected chi connectivity index (χ2v) is 21.6. The average Bonchev–Trinajstić information content (AvgIpc) is 3.15. The maximum Gasteiger partial charge on any atom is 0.164 e. The van der Waals surface area contributed by atoms with E-state index < -0.39 is 0 Å². The molecule has 0 radical (unpaired) electrons. The molecule has 0 saturated carbocycles. The highest BCUT2D eigenvalue weighted by atomic mass is 15.0. The fourth-order valence-corrected chi connectivity index (χ4v) is 11.9. The van der Waals surface area contributed by atoms with Crippen LogP contribution < -0.4 is 0 Å². The lowest BCUT2D eigenvalue weighted by Crippen LogP contribution is -2.00. The minimum Gasteiger partial charge on any atom is -0.309 e. The summed E-state index contributed by atoms with van der Waals surface area (Å²) < 4.78 is 2.38. The maximum atomic E-state index is 5.32. The van der Waals surface area contributed by atoms with Gasteiger partial charge >= 0.3 is 0 Å². The summed E-state index contributed by atoms with van der Waals surface area (Å²) in [6.07, 6.45) is 0. The summed E-state index contributed by atoms with van der Waals surface area (Å²) in [7, 11) is 0. The summed E-state index contributed by atoms with van der Waals surface area (Å²) in [6.45, 7) is 0. The lowest BCUT2D eigenvalue weighted by Gasteiger charge is -2.13. The van der Waals surface area contributed by atoms with Crippen molar-refractivity contribution in [2.45, 2.75) is 0 Å². The molecule has 0 saturated heterocycles. The minimum atomic E-state index is 0.595. The second kappa shape index (κ2) is 22.2. The molecule has 15 rings (SSSR count). The molecule has 0 aliphatic carbocycles. The first kappa shape index (κ1) is 50.6.